The molecule has 1 aliphatic heterocycles. The Hall–Kier alpha value is -1.14. The van der Waals surface area contributed by atoms with Crippen LogP contribution >= 0.6 is 0 Å². The number of ether oxygens (including phenoxy) is 1. The SMILES string of the molecule is CCNC(=O)C1CNCCN1CC(=O)OC. The number of rotatable bonds is 4. The van der Waals surface area contributed by atoms with Crippen LogP contribution in [0.3, 0.4) is 0 Å². The van der Waals surface area contributed by atoms with Gasteiger partial charge in [0.05, 0.1) is 13.7 Å². The van der Waals surface area contributed by atoms with Crippen LogP contribution in [0, 0.1) is 0 Å². The second-order valence-electron chi connectivity index (χ2n) is 3.66. The lowest BCUT2D eigenvalue weighted by molar-refractivity contribution is -0.143. The van der Waals surface area contributed by atoms with E-state index in [2.05, 4.69) is 15.4 Å². The molecule has 0 aromatic heterocycles. The molecule has 0 aromatic rings. The molecular weight excluding hydrogens is 210 g/mol. The molecule has 6 nitrogen and oxygen atoms in total. The molecule has 6 heteroatoms. The van der Waals surface area contributed by atoms with Crippen LogP contribution in [-0.2, 0) is 14.3 Å². The number of likely N-dealkylation sites (N-methyl/N-ethyl adjacent to an activating group) is 1. The zero-order valence-corrected chi connectivity index (χ0v) is 9.78. The van der Waals surface area contributed by atoms with E-state index in [0.717, 1.165) is 6.54 Å². The molecule has 1 saturated heterocycles. The van der Waals surface area contributed by atoms with E-state index in [1.54, 1.807) is 0 Å². The second-order valence-corrected chi connectivity index (χ2v) is 3.66. The van der Waals surface area contributed by atoms with Crippen molar-refractivity contribution in [3.63, 3.8) is 0 Å². The van der Waals surface area contributed by atoms with E-state index in [4.69, 9.17) is 0 Å². The van der Waals surface area contributed by atoms with Crippen LogP contribution in [0.1, 0.15) is 6.92 Å². The first kappa shape index (κ1) is 12.9. The second kappa shape index (κ2) is 6.44. The molecule has 1 atom stereocenters. The van der Waals surface area contributed by atoms with Gasteiger partial charge in [-0.3, -0.25) is 14.5 Å². The minimum atomic E-state index is -0.309. The molecule has 0 bridgehead atoms. The maximum atomic E-state index is 11.7. The van der Waals surface area contributed by atoms with E-state index in [1.165, 1.54) is 7.11 Å². The Bertz CT molecular complexity index is 258. The van der Waals surface area contributed by atoms with Crippen molar-refractivity contribution in [2.45, 2.75) is 13.0 Å². The highest BCUT2D eigenvalue weighted by Gasteiger charge is 2.29. The summed E-state index contributed by atoms with van der Waals surface area (Å²) >= 11 is 0. The maximum Gasteiger partial charge on any atom is 0.319 e. The number of methoxy groups -OCH3 is 1. The molecule has 1 aliphatic rings. The minimum Gasteiger partial charge on any atom is -0.468 e. The molecule has 1 rings (SSSR count). The molecule has 0 aromatic carbocycles. The smallest absolute Gasteiger partial charge is 0.319 e. The standard InChI is InChI=1S/C10H19N3O3/c1-3-12-10(15)8-6-11-4-5-13(8)7-9(14)16-2/h8,11H,3-7H2,1-2H3,(H,12,15). The van der Waals surface area contributed by atoms with Gasteiger partial charge in [-0.15, -0.1) is 0 Å². The molecule has 92 valence electrons. The van der Waals surface area contributed by atoms with Gasteiger partial charge in [0.1, 0.15) is 6.04 Å². The molecule has 0 spiro atoms. The summed E-state index contributed by atoms with van der Waals surface area (Å²) in [4.78, 5) is 24.8. The van der Waals surface area contributed by atoms with E-state index in [-0.39, 0.29) is 24.5 Å². The van der Waals surface area contributed by atoms with Crippen molar-refractivity contribution in [3.8, 4) is 0 Å². The van der Waals surface area contributed by atoms with Gasteiger partial charge in [-0.05, 0) is 6.92 Å². The summed E-state index contributed by atoms with van der Waals surface area (Å²) in [5, 5.41) is 5.90. The van der Waals surface area contributed by atoms with Crippen molar-refractivity contribution < 1.29 is 14.3 Å². The van der Waals surface area contributed by atoms with Crippen LogP contribution in [0.2, 0.25) is 0 Å². The van der Waals surface area contributed by atoms with Crippen LogP contribution in [0.5, 0.6) is 0 Å². The van der Waals surface area contributed by atoms with Crippen LogP contribution in [-0.4, -0.2) is 62.7 Å². The summed E-state index contributed by atoms with van der Waals surface area (Å²) in [5.41, 5.74) is 0. The topological polar surface area (TPSA) is 70.7 Å². The molecule has 1 amide bonds. The molecule has 1 heterocycles. The van der Waals surface area contributed by atoms with E-state index in [9.17, 15) is 9.59 Å². The van der Waals surface area contributed by atoms with Crippen molar-refractivity contribution in [2.24, 2.45) is 0 Å². The first-order valence-corrected chi connectivity index (χ1v) is 5.48. The largest absolute Gasteiger partial charge is 0.468 e. The Kier molecular flexibility index (Phi) is 5.21. The van der Waals surface area contributed by atoms with Crippen molar-refractivity contribution in [3.05, 3.63) is 0 Å². The predicted molar refractivity (Wildman–Crippen MR) is 58.9 cm³/mol. The highest BCUT2D eigenvalue weighted by atomic mass is 16.5. The van der Waals surface area contributed by atoms with Gasteiger partial charge in [0, 0.05) is 26.2 Å². The quantitative estimate of drug-likeness (QED) is 0.578. The summed E-state index contributed by atoms with van der Waals surface area (Å²) in [6, 6.07) is -0.284. The lowest BCUT2D eigenvalue weighted by Gasteiger charge is -2.34. The van der Waals surface area contributed by atoms with Crippen molar-refractivity contribution in [2.75, 3.05) is 39.8 Å². The van der Waals surface area contributed by atoms with Crippen molar-refractivity contribution in [1.82, 2.24) is 15.5 Å². The number of esters is 1. The lowest BCUT2D eigenvalue weighted by Crippen LogP contribution is -2.58. The predicted octanol–water partition coefficient (Wildman–Crippen LogP) is -1.43. The zero-order valence-electron chi connectivity index (χ0n) is 9.78. The Morgan fingerprint density at radius 2 is 2.31 bits per heavy atom. The average Bonchev–Trinajstić information content (AvgIpc) is 2.30. The fourth-order valence-corrected chi connectivity index (χ4v) is 1.72. The number of nitrogens with zero attached hydrogens (tertiary/aromatic N) is 1. The first-order valence-electron chi connectivity index (χ1n) is 5.48. The third kappa shape index (κ3) is 3.46. The summed E-state index contributed by atoms with van der Waals surface area (Å²) in [7, 11) is 1.35. The maximum absolute atomic E-state index is 11.7. The molecule has 1 fully saturated rings. The molecule has 1 unspecified atom stereocenters. The monoisotopic (exact) mass is 229 g/mol. The number of hydrogen-bond donors (Lipinski definition) is 2. The minimum absolute atomic E-state index is 0.0430. The summed E-state index contributed by atoms with van der Waals surface area (Å²) in [6.07, 6.45) is 0. The van der Waals surface area contributed by atoms with Gasteiger partial charge in [0.15, 0.2) is 0 Å². The third-order valence-electron chi connectivity index (χ3n) is 2.57. The Morgan fingerprint density at radius 3 is 2.94 bits per heavy atom. The van der Waals surface area contributed by atoms with E-state index in [0.29, 0.717) is 19.6 Å². The molecular formula is C10H19N3O3. The number of nitrogens with one attached hydrogen (secondary N) is 2. The Morgan fingerprint density at radius 1 is 1.56 bits per heavy atom. The normalized spacial score (nSPS) is 21.5. The van der Waals surface area contributed by atoms with Gasteiger partial charge < -0.3 is 15.4 Å². The number of piperazine rings is 1. The van der Waals surface area contributed by atoms with Crippen LogP contribution in [0.4, 0.5) is 0 Å². The molecule has 0 aliphatic carbocycles. The molecule has 0 radical (unpaired) electrons. The number of carbonyl (C=O) groups excluding carboxylic acids is 2. The van der Waals surface area contributed by atoms with E-state index >= 15 is 0 Å². The fraction of sp³-hybridized carbons (Fsp3) is 0.800. The summed E-state index contributed by atoms with van der Waals surface area (Å²) < 4.78 is 4.61. The van der Waals surface area contributed by atoms with Crippen LogP contribution in [0.15, 0.2) is 0 Å². The molecule has 0 saturated carbocycles. The summed E-state index contributed by atoms with van der Waals surface area (Å²) in [5.74, 6) is -0.352. The lowest BCUT2D eigenvalue weighted by atomic mass is 10.1. The van der Waals surface area contributed by atoms with Gasteiger partial charge in [-0.25, -0.2) is 0 Å². The van der Waals surface area contributed by atoms with Crippen LogP contribution < -0.4 is 10.6 Å². The van der Waals surface area contributed by atoms with Gasteiger partial charge in [-0.2, -0.15) is 0 Å². The highest BCUT2D eigenvalue weighted by molar-refractivity contribution is 5.83. The van der Waals surface area contributed by atoms with Crippen molar-refractivity contribution in [1.29, 1.82) is 0 Å². The third-order valence-corrected chi connectivity index (χ3v) is 2.57. The van der Waals surface area contributed by atoms with E-state index in [1.807, 2.05) is 11.8 Å². The fourth-order valence-electron chi connectivity index (χ4n) is 1.72. The zero-order chi connectivity index (χ0) is 12.0. The number of carbonyl (C=O) groups is 2. The van der Waals surface area contributed by atoms with Crippen molar-refractivity contribution >= 4 is 11.9 Å². The van der Waals surface area contributed by atoms with Crippen LogP contribution in [0.25, 0.3) is 0 Å². The summed E-state index contributed by atoms with van der Waals surface area (Å²) in [6.45, 7) is 4.67. The van der Waals surface area contributed by atoms with Gasteiger partial charge in [0.25, 0.3) is 0 Å². The first-order chi connectivity index (χ1) is 7.69. The highest BCUT2D eigenvalue weighted by Crippen LogP contribution is 2.03. The number of hydrogen-bond acceptors (Lipinski definition) is 5. The average molecular weight is 229 g/mol. The Balaban J connectivity index is 2.56. The van der Waals surface area contributed by atoms with Gasteiger partial charge >= 0.3 is 5.97 Å². The Labute approximate surface area is 95.3 Å². The molecule has 2 N–H and O–H groups in total. The van der Waals surface area contributed by atoms with E-state index < -0.39 is 0 Å². The van der Waals surface area contributed by atoms with Gasteiger partial charge in [0.2, 0.25) is 5.91 Å². The van der Waals surface area contributed by atoms with Gasteiger partial charge in [-0.1, -0.05) is 0 Å². The molecule has 16 heavy (non-hydrogen) atoms. The number of amides is 1.